The number of rotatable bonds is 14. The van der Waals surface area contributed by atoms with Gasteiger partial charge in [-0.25, -0.2) is 4.39 Å². The van der Waals surface area contributed by atoms with Crippen molar-refractivity contribution in [3.8, 4) is 0 Å². The summed E-state index contributed by atoms with van der Waals surface area (Å²) in [6.45, 7) is 5.93. The summed E-state index contributed by atoms with van der Waals surface area (Å²) < 4.78 is 26.7. The van der Waals surface area contributed by atoms with E-state index in [4.69, 9.17) is 15.2 Å². The quantitative estimate of drug-likeness (QED) is 0.458. The maximum Gasteiger partial charge on any atom is 0.224 e. The molecule has 0 saturated heterocycles. The lowest BCUT2D eigenvalue weighted by Gasteiger charge is -2.32. The molecule has 2 aromatic carbocycles. The van der Waals surface area contributed by atoms with Crippen molar-refractivity contribution in [1.29, 1.82) is 0 Å². The SMILES string of the molecule is CC(C)C(F)(CNC(c1ccccc1)c1ccccc1)OCCCOCCCN. The van der Waals surface area contributed by atoms with Gasteiger partial charge in [0.1, 0.15) is 0 Å². The zero-order chi connectivity index (χ0) is 21.0. The minimum absolute atomic E-state index is 0.102. The van der Waals surface area contributed by atoms with E-state index < -0.39 is 5.85 Å². The predicted molar refractivity (Wildman–Crippen MR) is 116 cm³/mol. The highest BCUT2D eigenvalue weighted by Crippen LogP contribution is 2.27. The lowest BCUT2D eigenvalue weighted by atomic mass is 9.97. The number of ether oxygens (including phenoxy) is 2. The van der Waals surface area contributed by atoms with Crippen molar-refractivity contribution in [2.24, 2.45) is 11.7 Å². The summed E-state index contributed by atoms with van der Waals surface area (Å²) in [6.07, 6.45) is 1.49. The van der Waals surface area contributed by atoms with Gasteiger partial charge in [0, 0.05) is 19.1 Å². The molecule has 2 aromatic rings. The van der Waals surface area contributed by atoms with Crippen molar-refractivity contribution in [2.75, 3.05) is 32.9 Å². The summed E-state index contributed by atoms with van der Waals surface area (Å²) in [5.41, 5.74) is 7.63. The standard InChI is InChI=1S/C24H35FN2O2/c1-20(2)24(25,29-18-10-17-28-16-9-15-26)19-27-23(21-11-5-3-6-12-21)22-13-7-4-8-14-22/h3-8,11-14,20,23,27H,9-10,15-19,26H2,1-2H3. The van der Waals surface area contributed by atoms with Crippen LogP contribution in [0.25, 0.3) is 0 Å². The van der Waals surface area contributed by atoms with Crippen molar-refractivity contribution < 1.29 is 13.9 Å². The summed E-state index contributed by atoms with van der Waals surface area (Å²) in [5.74, 6) is -2.03. The van der Waals surface area contributed by atoms with Gasteiger partial charge in [0.15, 0.2) is 0 Å². The van der Waals surface area contributed by atoms with Crippen LogP contribution < -0.4 is 11.1 Å². The lowest BCUT2D eigenvalue weighted by molar-refractivity contribution is -0.174. The van der Waals surface area contributed by atoms with Gasteiger partial charge in [-0.3, -0.25) is 0 Å². The van der Waals surface area contributed by atoms with Gasteiger partial charge in [0.05, 0.1) is 19.2 Å². The molecule has 1 atom stereocenters. The molecule has 29 heavy (non-hydrogen) atoms. The fourth-order valence-corrected chi connectivity index (χ4v) is 3.07. The molecule has 0 radical (unpaired) electrons. The summed E-state index contributed by atoms with van der Waals surface area (Å²) in [7, 11) is 0. The average molecular weight is 403 g/mol. The molecule has 160 valence electrons. The fraction of sp³-hybridized carbons (Fsp3) is 0.500. The number of alkyl halides is 1. The number of nitrogens with two attached hydrogens (primary N) is 1. The van der Waals surface area contributed by atoms with Gasteiger partial charge in [-0.15, -0.1) is 0 Å². The molecule has 0 aliphatic carbocycles. The van der Waals surface area contributed by atoms with E-state index in [1.165, 1.54) is 0 Å². The highest BCUT2D eigenvalue weighted by atomic mass is 19.2. The van der Waals surface area contributed by atoms with Gasteiger partial charge in [-0.1, -0.05) is 74.5 Å². The normalized spacial score (nSPS) is 13.7. The van der Waals surface area contributed by atoms with Crippen molar-refractivity contribution in [3.63, 3.8) is 0 Å². The van der Waals surface area contributed by atoms with Gasteiger partial charge in [-0.05, 0) is 30.5 Å². The Labute approximate surface area is 174 Å². The monoisotopic (exact) mass is 402 g/mol. The molecule has 0 aliphatic heterocycles. The van der Waals surface area contributed by atoms with Crippen LogP contribution in [0.4, 0.5) is 4.39 Å². The van der Waals surface area contributed by atoms with Gasteiger partial charge in [-0.2, -0.15) is 0 Å². The highest BCUT2D eigenvalue weighted by Gasteiger charge is 2.35. The second kappa shape index (κ2) is 12.7. The lowest BCUT2D eigenvalue weighted by Crippen LogP contribution is -2.45. The molecule has 0 amide bonds. The Balaban J connectivity index is 1.96. The second-order valence-corrected chi connectivity index (χ2v) is 7.53. The maximum atomic E-state index is 15.6. The third-order valence-electron chi connectivity index (χ3n) is 4.94. The summed E-state index contributed by atoms with van der Waals surface area (Å²) in [4.78, 5) is 0. The number of benzene rings is 2. The molecule has 0 aromatic heterocycles. The third-order valence-corrected chi connectivity index (χ3v) is 4.94. The van der Waals surface area contributed by atoms with Crippen molar-refractivity contribution in [1.82, 2.24) is 5.32 Å². The summed E-state index contributed by atoms with van der Waals surface area (Å²) in [5, 5.41) is 3.40. The zero-order valence-electron chi connectivity index (χ0n) is 17.6. The summed E-state index contributed by atoms with van der Waals surface area (Å²) >= 11 is 0. The zero-order valence-corrected chi connectivity index (χ0v) is 17.6. The van der Waals surface area contributed by atoms with E-state index in [1.807, 2.05) is 50.2 Å². The average Bonchev–Trinajstić information content (AvgIpc) is 2.74. The van der Waals surface area contributed by atoms with E-state index in [0.29, 0.717) is 32.8 Å². The molecule has 0 heterocycles. The van der Waals surface area contributed by atoms with Crippen molar-refractivity contribution in [3.05, 3.63) is 71.8 Å². The molecular weight excluding hydrogens is 367 g/mol. The van der Waals surface area contributed by atoms with E-state index in [1.54, 1.807) is 0 Å². The van der Waals surface area contributed by atoms with Gasteiger partial charge in [0.2, 0.25) is 5.85 Å². The van der Waals surface area contributed by atoms with Crippen LogP contribution in [0, 0.1) is 5.92 Å². The van der Waals surface area contributed by atoms with Crippen LogP contribution in [-0.4, -0.2) is 38.8 Å². The van der Waals surface area contributed by atoms with Crippen LogP contribution in [0.5, 0.6) is 0 Å². The number of nitrogens with one attached hydrogen (secondary N) is 1. The molecule has 0 saturated carbocycles. The Hall–Kier alpha value is -1.79. The number of hydrogen-bond acceptors (Lipinski definition) is 4. The first-order valence-corrected chi connectivity index (χ1v) is 10.5. The molecule has 4 nitrogen and oxygen atoms in total. The van der Waals surface area contributed by atoms with Crippen molar-refractivity contribution >= 4 is 0 Å². The van der Waals surface area contributed by atoms with Crippen molar-refractivity contribution in [2.45, 2.75) is 38.6 Å². The Morgan fingerprint density at radius 3 is 1.97 bits per heavy atom. The second-order valence-electron chi connectivity index (χ2n) is 7.53. The molecular formula is C24H35FN2O2. The highest BCUT2D eigenvalue weighted by molar-refractivity contribution is 5.31. The van der Waals surface area contributed by atoms with Crippen LogP contribution in [0.1, 0.15) is 43.9 Å². The number of hydrogen-bond donors (Lipinski definition) is 2. The van der Waals surface area contributed by atoms with Gasteiger partial charge >= 0.3 is 0 Å². The minimum atomic E-state index is -1.75. The first-order chi connectivity index (χ1) is 14.1. The molecule has 0 bridgehead atoms. The molecule has 3 N–H and O–H groups in total. The first-order valence-electron chi connectivity index (χ1n) is 10.5. The van der Waals surface area contributed by atoms with Crippen LogP contribution in [0.3, 0.4) is 0 Å². The fourth-order valence-electron chi connectivity index (χ4n) is 3.07. The Kier molecular flexibility index (Phi) is 10.3. The molecule has 1 unspecified atom stereocenters. The van der Waals surface area contributed by atoms with E-state index in [0.717, 1.165) is 17.5 Å². The molecule has 0 fully saturated rings. The number of halogens is 1. The van der Waals surface area contributed by atoms with Crippen LogP contribution in [0.2, 0.25) is 0 Å². The molecule has 2 rings (SSSR count). The van der Waals surface area contributed by atoms with Crippen LogP contribution >= 0.6 is 0 Å². The van der Waals surface area contributed by atoms with E-state index in [9.17, 15) is 0 Å². The van der Waals surface area contributed by atoms with Crippen LogP contribution in [-0.2, 0) is 9.47 Å². The van der Waals surface area contributed by atoms with Gasteiger partial charge in [0.25, 0.3) is 0 Å². The summed E-state index contributed by atoms with van der Waals surface area (Å²) in [6, 6.07) is 20.1. The maximum absolute atomic E-state index is 15.6. The third kappa shape index (κ3) is 7.86. The van der Waals surface area contributed by atoms with E-state index >= 15 is 4.39 Å². The molecule has 0 spiro atoms. The Morgan fingerprint density at radius 1 is 0.897 bits per heavy atom. The Bertz CT molecular complexity index is 630. The predicted octanol–water partition coefficient (Wildman–Crippen LogP) is 4.46. The molecule has 0 aliphatic rings. The smallest absolute Gasteiger partial charge is 0.224 e. The topological polar surface area (TPSA) is 56.5 Å². The van der Waals surface area contributed by atoms with E-state index in [2.05, 4.69) is 29.6 Å². The minimum Gasteiger partial charge on any atom is -0.381 e. The van der Waals surface area contributed by atoms with E-state index in [-0.39, 0.29) is 18.5 Å². The first kappa shape index (κ1) is 23.5. The van der Waals surface area contributed by atoms with Crippen LogP contribution in [0.15, 0.2) is 60.7 Å². The molecule has 5 heteroatoms. The van der Waals surface area contributed by atoms with Gasteiger partial charge < -0.3 is 20.5 Å². The Morgan fingerprint density at radius 2 is 1.45 bits per heavy atom. The largest absolute Gasteiger partial charge is 0.381 e.